The maximum atomic E-state index is 12.1. The lowest BCUT2D eigenvalue weighted by Gasteiger charge is -2.42. The van der Waals surface area contributed by atoms with Crippen molar-refractivity contribution in [3.8, 4) is 0 Å². The van der Waals surface area contributed by atoms with Crippen LogP contribution in [0.3, 0.4) is 0 Å². The van der Waals surface area contributed by atoms with Crippen molar-refractivity contribution in [2.24, 2.45) is 0 Å². The first-order valence-corrected chi connectivity index (χ1v) is 6.37. The lowest BCUT2D eigenvalue weighted by molar-refractivity contribution is -0.466. The van der Waals surface area contributed by atoms with Crippen molar-refractivity contribution in [2.45, 2.75) is 63.4 Å². The summed E-state index contributed by atoms with van der Waals surface area (Å²) in [4.78, 5) is 22.6. The number of carbonyl (C=O) groups is 1. The molecule has 0 bridgehead atoms. The van der Waals surface area contributed by atoms with E-state index in [1.54, 1.807) is 20.8 Å². The zero-order valence-corrected chi connectivity index (χ0v) is 10.9. The summed E-state index contributed by atoms with van der Waals surface area (Å²) in [6.07, 6.45) is 3.04. The number of ether oxygens (including phenoxy) is 1. The molecule has 3 aliphatic rings. The fourth-order valence-corrected chi connectivity index (χ4v) is 3.10. The molecule has 2 aliphatic heterocycles. The Hall–Kier alpha value is -0.910. The molecule has 2 fully saturated rings. The van der Waals surface area contributed by atoms with E-state index >= 15 is 0 Å². The number of rotatable bonds is 0. The van der Waals surface area contributed by atoms with E-state index in [1.165, 1.54) is 0 Å². The zero-order chi connectivity index (χ0) is 13.2. The van der Waals surface area contributed by atoms with Gasteiger partial charge in [-0.05, 0) is 52.0 Å². The van der Waals surface area contributed by atoms with Crippen LogP contribution in [-0.4, -0.2) is 28.1 Å². The second-order valence-electron chi connectivity index (χ2n) is 5.91. The second-order valence-corrected chi connectivity index (χ2v) is 5.91. The van der Waals surface area contributed by atoms with E-state index in [2.05, 4.69) is 0 Å². The van der Waals surface area contributed by atoms with Crippen molar-refractivity contribution >= 4 is 5.97 Å². The van der Waals surface area contributed by atoms with Crippen LogP contribution in [0.1, 0.15) is 46.5 Å². The molecule has 1 aliphatic carbocycles. The molecule has 0 radical (unpaired) electrons. The molecule has 1 atom stereocenters. The van der Waals surface area contributed by atoms with Crippen molar-refractivity contribution in [3.63, 3.8) is 0 Å². The van der Waals surface area contributed by atoms with Crippen LogP contribution in [-0.2, 0) is 19.3 Å². The lowest BCUT2D eigenvalue weighted by Crippen LogP contribution is -2.56. The highest BCUT2D eigenvalue weighted by Crippen LogP contribution is 2.55. The van der Waals surface area contributed by atoms with Crippen LogP contribution < -0.4 is 0 Å². The normalized spacial score (nSPS) is 37.0. The summed E-state index contributed by atoms with van der Waals surface area (Å²) in [6.45, 7) is 5.36. The first kappa shape index (κ1) is 12.1. The van der Waals surface area contributed by atoms with Crippen LogP contribution >= 0.6 is 0 Å². The minimum absolute atomic E-state index is 0.223. The van der Waals surface area contributed by atoms with E-state index in [-0.39, 0.29) is 5.57 Å². The number of hydrogen-bond donors (Lipinski definition) is 1. The highest BCUT2D eigenvalue weighted by molar-refractivity contribution is 5.95. The van der Waals surface area contributed by atoms with E-state index < -0.39 is 23.0 Å². The molecule has 0 aromatic carbocycles. The Labute approximate surface area is 106 Å². The first-order chi connectivity index (χ1) is 8.32. The third-order valence-electron chi connectivity index (χ3n) is 4.51. The highest BCUT2D eigenvalue weighted by Gasteiger charge is 2.69. The molecule has 2 heterocycles. The molecule has 5 heteroatoms. The first-order valence-electron chi connectivity index (χ1n) is 6.37. The van der Waals surface area contributed by atoms with Gasteiger partial charge in [0, 0.05) is 0 Å². The standard InChI is InChI=1S/C13H18O5/c1-8-9-10(14)16-12(6-4-5-7-12)13(9,15)18-17-11(8,2)3/h15H,4-7H2,1-3H3. The maximum absolute atomic E-state index is 12.1. The molecule has 0 aromatic heterocycles. The Balaban J connectivity index is 2.17. The van der Waals surface area contributed by atoms with Crippen LogP contribution in [0.5, 0.6) is 0 Å². The number of aliphatic hydroxyl groups is 1. The molecule has 1 spiro atoms. The molecular weight excluding hydrogens is 236 g/mol. The predicted molar refractivity (Wildman–Crippen MR) is 61.2 cm³/mol. The summed E-state index contributed by atoms with van der Waals surface area (Å²) in [5.41, 5.74) is -0.798. The fourth-order valence-electron chi connectivity index (χ4n) is 3.10. The van der Waals surface area contributed by atoms with Gasteiger partial charge in [0.25, 0.3) is 5.79 Å². The average molecular weight is 254 g/mol. The molecule has 3 rings (SSSR count). The monoisotopic (exact) mass is 254 g/mol. The summed E-state index contributed by atoms with van der Waals surface area (Å²) in [7, 11) is 0. The van der Waals surface area contributed by atoms with Gasteiger partial charge in [0.1, 0.15) is 11.2 Å². The molecule has 0 amide bonds. The Morgan fingerprint density at radius 1 is 1.17 bits per heavy atom. The number of hydrogen-bond acceptors (Lipinski definition) is 5. The third kappa shape index (κ3) is 1.24. The smallest absolute Gasteiger partial charge is 0.340 e. The van der Waals surface area contributed by atoms with E-state index in [4.69, 9.17) is 14.5 Å². The molecule has 1 unspecified atom stereocenters. The lowest BCUT2D eigenvalue weighted by atomic mass is 9.82. The van der Waals surface area contributed by atoms with E-state index in [0.29, 0.717) is 18.4 Å². The molecule has 0 aromatic rings. The van der Waals surface area contributed by atoms with Crippen LogP contribution in [0.2, 0.25) is 0 Å². The quantitative estimate of drug-likeness (QED) is 0.525. The van der Waals surface area contributed by atoms with Crippen LogP contribution in [0.25, 0.3) is 0 Å². The predicted octanol–water partition coefficient (Wildman–Crippen LogP) is 1.60. The van der Waals surface area contributed by atoms with Gasteiger partial charge in [0.15, 0.2) is 5.60 Å². The van der Waals surface area contributed by atoms with Gasteiger partial charge in [-0.25, -0.2) is 9.68 Å². The summed E-state index contributed by atoms with van der Waals surface area (Å²) in [5.74, 6) is -2.23. The molecule has 1 N–H and O–H groups in total. The number of fused-ring (bicyclic) bond motifs is 2. The largest absolute Gasteiger partial charge is 0.449 e. The molecule has 1 saturated heterocycles. The fraction of sp³-hybridized carbons (Fsp3) is 0.769. The summed E-state index contributed by atoms with van der Waals surface area (Å²) in [5, 5.41) is 10.8. The minimum atomic E-state index is -1.75. The minimum Gasteiger partial charge on any atom is -0.449 e. The number of carbonyl (C=O) groups excluding carboxylic acids is 1. The van der Waals surface area contributed by atoms with Gasteiger partial charge in [-0.1, -0.05) is 0 Å². The maximum Gasteiger partial charge on any atom is 0.340 e. The summed E-state index contributed by atoms with van der Waals surface area (Å²) >= 11 is 0. The molecular formula is C13H18O5. The second kappa shape index (κ2) is 3.35. The molecule has 18 heavy (non-hydrogen) atoms. The average Bonchev–Trinajstić information content (AvgIpc) is 2.82. The van der Waals surface area contributed by atoms with Crippen LogP contribution in [0.4, 0.5) is 0 Å². The topological polar surface area (TPSA) is 65.0 Å². The van der Waals surface area contributed by atoms with E-state index in [1.807, 2.05) is 0 Å². The van der Waals surface area contributed by atoms with Crippen LogP contribution in [0.15, 0.2) is 11.1 Å². The SMILES string of the molecule is CC1=C2C(=O)OC3(CCCC3)C2(O)OOC1(C)C. The Morgan fingerprint density at radius 3 is 2.39 bits per heavy atom. The number of esters is 1. The van der Waals surface area contributed by atoms with Crippen molar-refractivity contribution in [1.82, 2.24) is 0 Å². The van der Waals surface area contributed by atoms with Gasteiger partial charge in [-0.15, -0.1) is 0 Å². The highest BCUT2D eigenvalue weighted by atomic mass is 17.2. The Bertz CT molecular complexity index is 444. The van der Waals surface area contributed by atoms with Gasteiger partial charge in [0.2, 0.25) is 0 Å². The van der Waals surface area contributed by atoms with Crippen molar-refractivity contribution in [1.29, 1.82) is 0 Å². The van der Waals surface area contributed by atoms with Crippen LogP contribution in [0, 0.1) is 0 Å². The van der Waals surface area contributed by atoms with Crippen molar-refractivity contribution in [2.75, 3.05) is 0 Å². The van der Waals surface area contributed by atoms with Gasteiger partial charge >= 0.3 is 5.97 Å². The zero-order valence-electron chi connectivity index (χ0n) is 10.9. The molecule has 100 valence electrons. The molecule has 5 nitrogen and oxygen atoms in total. The Morgan fingerprint density at radius 2 is 1.78 bits per heavy atom. The van der Waals surface area contributed by atoms with Gasteiger partial charge in [0.05, 0.1) is 0 Å². The molecule has 1 saturated carbocycles. The summed E-state index contributed by atoms with van der Waals surface area (Å²) < 4.78 is 5.47. The van der Waals surface area contributed by atoms with Crippen molar-refractivity contribution < 1.29 is 24.4 Å². The van der Waals surface area contributed by atoms with E-state index in [0.717, 1.165) is 12.8 Å². The van der Waals surface area contributed by atoms with Gasteiger partial charge < -0.3 is 9.84 Å². The van der Waals surface area contributed by atoms with Crippen molar-refractivity contribution in [3.05, 3.63) is 11.1 Å². The Kier molecular flexibility index (Phi) is 2.26. The van der Waals surface area contributed by atoms with E-state index in [9.17, 15) is 9.90 Å². The van der Waals surface area contributed by atoms with Gasteiger partial charge in [-0.3, -0.25) is 0 Å². The third-order valence-corrected chi connectivity index (χ3v) is 4.51. The summed E-state index contributed by atoms with van der Waals surface area (Å²) in [6, 6.07) is 0. The van der Waals surface area contributed by atoms with Gasteiger partial charge in [-0.2, -0.15) is 4.89 Å².